The van der Waals surface area contributed by atoms with Gasteiger partial charge in [0.1, 0.15) is 0 Å². The number of unbranched alkanes of at least 4 members (excludes halogenated alkanes) is 2. The van der Waals surface area contributed by atoms with Crippen LogP contribution >= 0.6 is 0 Å². The fraction of sp³-hybridized carbons (Fsp3) is 0.909. The predicted molar refractivity (Wildman–Crippen MR) is 59.9 cm³/mol. The van der Waals surface area contributed by atoms with Gasteiger partial charge in [-0.05, 0) is 46.2 Å². The number of nitrogens with zero attached hydrogens (tertiary/aromatic N) is 1. The zero-order valence-electron chi connectivity index (χ0n) is 9.78. The number of aliphatic hydroxyl groups excluding tert-OH is 1. The minimum Gasteiger partial charge on any atom is -0.481 e. The van der Waals surface area contributed by atoms with Gasteiger partial charge in [-0.25, -0.2) is 0 Å². The highest BCUT2D eigenvalue weighted by molar-refractivity contribution is 5.66. The predicted octanol–water partition coefficient (Wildman–Crippen LogP) is 1.33. The third-order valence-corrected chi connectivity index (χ3v) is 2.70. The molecular formula is C11H23NO3. The van der Waals surface area contributed by atoms with Gasteiger partial charge in [0.2, 0.25) is 0 Å². The van der Waals surface area contributed by atoms with Crippen molar-refractivity contribution in [2.75, 3.05) is 20.2 Å². The molecule has 0 aliphatic carbocycles. The molecule has 2 N–H and O–H groups in total. The Hall–Kier alpha value is -0.610. The maximum atomic E-state index is 10.4. The largest absolute Gasteiger partial charge is 0.481 e. The molecule has 90 valence electrons. The molecule has 0 saturated heterocycles. The van der Waals surface area contributed by atoms with Crippen LogP contribution in [0.1, 0.15) is 39.0 Å². The molecule has 15 heavy (non-hydrogen) atoms. The van der Waals surface area contributed by atoms with Gasteiger partial charge in [-0.1, -0.05) is 0 Å². The van der Waals surface area contributed by atoms with Crippen molar-refractivity contribution in [3.05, 3.63) is 0 Å². The first-order valence-electron chi connectivity index (χ1n) is 5.60. The molecule has 0 fully saturated rings. The van der Waals surface area contributed by atoms with Gasteiger partial charge in [-0.2, -0.15) is 0 Å². The number of carboxylic acid groups (broad SMARTS) is 1. The highest BCUT2D eigenvalue weighted by Crippen LogP contribution is 2.06. The molecule has 0 amide bonds. The Morgan fingerprint density at radius 1 is 1.33 bits per heavy atom. The summed E-state index contributed by atoms with van der Waals surface area (Å²) in [4.78, 5) is 12.6. The third kappa shape index (κ3) is 8.39. The van der Waals surface area contributed by atoms with Crippen molar-refractivity contribution >= 4 is 5.97 Å². The van der Waals surface area contributed by atoms with Gasteiger partial charge in [0.25, 0.3) is 0 Å². The highest BCUT2D eigenvalue weighted by Gasteiger charge is 2.10. The summed E-state index contributed by atoms with van der Waals surface area (Å²) in [6.45, 7) is 3.29. The molecular weight excluding hydrogens is 194 g/mol. The number of hydrogen-bond donors (Lipinski definition) is 2. The molecule has 1 unspecified atom stereocenters. The SMILES string of the molecule is CC(CCC(=O)O)N(C)CCCCCO. The summed E-state index contributed by atoms with van der Waals surface area (Å²) in [7, 11) is 2.02. The van der Waals surface area contributed by atoms with Crippen molar-refractivity contribution < 1.29 is 15.0 Å². The van der Waals surface area contributed by atoms with E-state index in [0.717, 1.165) is 25.8 Å². The van der Waals surface area contributed by atoms with E-state index >= 15 is 0 Å². The third-order valence-electron chi connectivity index (χ3n) is 2.70. The molecule has 0 heterocycles. The van der Waals surface area contributed by atoms with Crippen LogP contribution in [0.3, 0.4) is 0 Å². The lowest BCUT2D eigenvalue weighted by Crippen LogP contribution is -2.30. The zero-order chi connectivity index (χ0) is 11.7. The van der Waals surface area contributed by atoms with E-state index in [0.29, 0.717) is 12.5 Å². The number of carboxylic acids is 1. The molecule has 4 nitrogen and oxygen atoms in total. The average Bonchev–Trinajstić information content (AvgIpc) is 2.20. The van der Waals surface area contributed by atoms with Crippen LogP contribution in [0.5, 0.6) is 0 Å². The van der Waals surface area contributed by atoms with Crippen LogP contribution in [0.2, 0.25) is 0 Å². The summed E-state index contributed by atoms with van der Waals surface area (Å²) in [5, 5.41) is 17.2. The van der Waals surface area contributed by atoms with E-state index in [1.807, 2.05) is 7.05 Å². The smallest absolute Gasteiger partial charge is 0.303 e. The number of carbonyl (C=O) groups is 1. The first kappa shape index (κ1) is 14.4. The lowest BCUT2D eigenvalue weighted by atomic mass is 10.1. The van der Waals surface area contributed by atoms with E-state index in [1.165, 1.54) is 0 Å². The first-order valence-corrected chi connectivity index (χ1v) is 5.60. The number of rotatable bonds is 9. The van der Waals surface area contributed by atoms with Gasteiger partial charge in [-0.15, -0.1) is 0 Å². The van der Waals surface area contributed by atoms with Crippen molar-refractivity contribution in [1.29, 1.82) is 0 Å². The lowest BCUT2D eigenvalue weighted by molar-refractivity contribution is -0.137. The first-order chi connectivity index (χ1) is 7.07. The van der Waals surface area contributed by atoms with Crippen molar-refractivity contribution in [2.45, 2.75) is 45.1 Å². The van der Waals surface area contributed by atoms with Crippen LogP contribution in [0, 0.1) is 0 Å². The van der Waals surface area contributed by atoms with Crippen LogP contribution in [0.25, 0.3) is 0 Å². The molecule has 0 bridgehead atoms. The summed E-state index contributed by atoms with van der Waals surface area (Å²) in [6, 6.07) is 0.315. The lowest BCUT2D eigenvalue weighted by Gasteiger charge is -2.24. The summed E-state index contributed by atoms with van der Waals surface area (Å²) in [5.74, 6) is -0.726. The Balaban J connectivity index is 3.50. The minimum absolute atomic E-state index is 0.238. The van der Waals surface area contributed by atoms with E-state index in [-0.39, 0.29) is 13.0 Å². The molecule has 0 radical (unpaired) electrons. The molecule has 4 heteroatoms. The van der Waals surface area contributed by atoms with Crippen LogP contribution in [0.4, 0.5) is 0 Å². The molecule has 0 saturated carbocycles. The molecule has 0 aliphatic rings. The van der Waals surface area contributed by atoms with Crippen molar-refractivity contribution in [2.24, 2.45) is 0 Å². The van der Waals surface area contributed by atoms with Crippen molar-refractivity contribution in [1.82, 2.24) is 4.90 Å². The summed E-state index contributed by atoms with van der Waals surface area (Å²) in [5.41, 5.74) is 0. The normalized spacial score (nSPS) is 13.1. The quantitative estimate of drug-likeness (QED) is 0.572. The van der Waals surface area contributed by atoms with E-state index in [1.54, 1.807) is 0 Å². The van der Waals surface area contributed by atoms with Gasteiger partial charge in [0, 0.05) is 19.1 Å². The van der Waals surface area contributed by atoms with Crippen molar-refractivity contribution in [3.63, 3.8) is 0 Å². The average molecular weight is 217 g/mol. The standard InChI is InChI=1S/C11H23NO3/c1-10(6-7-11(14)15)12(2)8-4-3-5-9-13/h10,13H,3-9H2,1-2H3,(H,14,15). The number of aliphatic hydroxyl groups is 1. The van der Waals surface area contributed by atoms with Crippen LogP contribution in [0.15, 0.2) is 0 Å². The van der Waals surface area contributed by atoms with Gasteiger partial charge in [0.15, 0.2) is 0 Å². The molecule has 0 rings (SSSR count). The minimum atomic E-state index is -0.726. The van der Waals surface area contributed by atoms with Gasteiger partial charge < -0.3 is 15.1 Å². The second-order valence-electron chi connectivity index (χ2n) is 4.05. The van der Waals surface area contributed by atoms with Gasteiger partial charge in [0.05, 0.1) is 0 Å². The molecule has 1 atom stereocenters. The second kappa shape index (κ2) is 8.68. The monoisotopic (exact) mass is 217 g/mol. The molecule has 0 spiro atoms. The van der Waals surface area contributed by atoms with E-state index < -0.39 is 5.97 Å². The topological polar surface area (TPSA) is 60.8 Å². The Kier molecular flexibility index (Phi) is 8.33. The number of hydrogen-bond acceptors (Lipinski definition) is 3. The Bertz CT molecular complexity index is 173. The molecule has 0 aromatic rings. The molecule has 0 aromatic carbocycles. The fourth-order valence-corrected chi connectivity index (χ4v) is 1.42. The Labute approximate surface area is 91.9 Å². The Morgan fingerprint density at radius 2 is 2.00 bits per heavy atom. The van der Waals surface area contributed by atoms with E-state index in [9.17, 15) is 4.79 Å². The second-order valence-corrected chi connectivity index (χ2v) is 4.05. The maximum absolute atomic E-state index is 10.4. The van der Waals surface area contributed by atoms with Gasteiger partial charge in [-0.3, -0.25) is 4.79 Å². The van der Waals surface area contributed by atoms with Crippen LogP contribution in [-0.2, 0) is 4.79 Å². The van der Waals surface area contributed by atoms with Crippen LogP contribution in [-0.4, -0.2) is 47.3 Å². The summed E-state index contributed by atoms with van der Waals surface area (Å²) in [6.07, 6.45) is 3.90. The fourth-order valence-electron chi connectivity index (χ4n) is 1.42. The highest BCUT2D eigenvalue weighted by atomic mass is 16.4. The maximum Gasteiger partial charge on any atom is 0.303 e. The van der Waals surface area contributed by atoms with Crippen LogP contribution < -0.4 is 0 Å². The zero-order valence-corrected chi connectivity index (χ0v) is 9.78. The Morgan fingerprint density at radius 3 is 2.53 bits per heavy atom. The van der Waals surface area contributed by atoms with E-state index in [4.69, 9.17) is 10.2 Å². The summed E-state index contributed by atoms with van der Waals surface area (Å²) < 4.78 is 0. The van der Waals surface area contributed by atoms with Crippen molar-refractivity contribution in [3.8, 4) is 0 Å². The van der Waals surface area contributed by atoms with Gasteiger partial charge >= 0.3 is 5.97 Å². The van der Waals surface area contributed by atoms with E-state index in [2.05, 4.69) is 11.8 Å². The molecule has 0 aliphatic heterocycles. The molecule has 0 aromatic heterocycles. The number of aliphatic carboxylic acids is 1. The summed E-state index contributed by atoms with van der Waals surface area (Å²) >= 11 is 0.